The van der Waals surface area contributed by atoms with Gasteiger partial charge in [-0.1, -0.05) is 45.0 Å². The van der Waals surface area contributed by atoms with Gasteiger partial charge in [-0.15, -0.1) is 0 Å². The molecule has 1 rings (SSSR count). The monoisotopic (exact) mass is 219 g/mol. The zero-order chi connectivity index (χ0) is 12.0. The predicted octanol–water partition coefficient (Wildman–Crippen LogP) is 3.41. The Morgan fingerprint density at radius 3 is 1.88 bits per heavy atom. The molecular formula is C15H25N. The summed E-state index contributed by atoms with van der Waals surface area (Å²) in [6.45, 7) is 7.59. The van der Waals surface area contributed by atoms with Crippen LogP contribution >= 0.6 is 0 Å². The highest BCUT2D eigenvalue weighted by Crippen LogP contribution is 2.14. The third kappa shape index (κ3) is 4.80. The molecule has 1 unspecified atom stereocenters. The van der Waals surface area contributed by atoms with Crippen molar-refractivity contribution in [3.05, 3.63) is 35.4 Å². The Kier molecular flexibility index (Phi) is 5.54. The minimum absolute atomic E-state index is 0.695. The first-order valence-corrected chi connectivity index (χ1v) is 6.39. The second kappa shape index (κ2) is 6.70. The van der Waals surface area contributed by atoms with Crippen molar-refractivity contribution in [1.82, 2.24) is 0 Å². The molecule has 0 saturated carbocycles. The first-order valence-electron chi connectivity index (χ1n) is 6.39. The smallest absolute Gasteiger partial charge is 0.00746 e. The van der Waals surface area contributed by atoms with Crippen LogP contribution in [0.25, 0.3) is 0 Å². The summed E-state index contributed by atoms with van der Waals surface area (Å²) in [6.07, 6.45) is 3.45. The van der Waals surface area contributed by atoms with Crippen LogP contribution in [-0.4, -0.2) is 6.54 Å². The van der Waals surface area contributed by atoms with E-state index in [1.165, 1.54) is 17.5 Å². The van der Waals surface area contributed by atoms with Gasteiger partial charge < -0.3 is 5.73 Å². The van der Waals surface area contributed by atoms with E-state index in [1.807, 2.05) is 0 Å². The fraction of sp³-hybridized carbons (Fsp3) is 0.600. The van der Waals surface area contributed by atoms with Gasteiger partial charge in [0.1, 0.15) is 0 Å². The minimum atomic E-state index is 0.695. The van der Waals surface area contributed by atoms with E-state index in [-0.39, 0.29) is 0 Å². The minimum Gasteiger partial charge on any atom is -0.330 e. The Morgan fingerprint density at radius 1 is 0.938 bits per heavy atom. The van der Waals surface area contributed by atoms with Gasteiger partial charge in [-0.25, -0.2) is 0 Å². The van der Waals surface area contributed by atoms with Crippen molar-refractivity contribution in [2.45, 2.75) is 40.0 Å². The van der Waals surface area contributed by atoms with E-state index in [1.54, 1.807) is 0 Å². The summed E-state index contributed by atoms with van der Waals surface area (Å²) in [5, 5.41) is 0. The maximum Gasteiger partial charge on any atom is -0.00746 e. The first kappa shape index (κ1) is 13.2. The van der Waals surface area contributed by atoms with Crippen molar-refractivity contribution in [3.8, 4) is 0 Å². The summed E-state index contributed by atoms with van der Waals surface area (Å²) >= 11 is 0. The summed E-state index contributed by atoms with van der Waals surface area (Å²) in [5.41, 5.74) is 8.45. The molecule has 0 bridgehead atoms. The summed E-state index contributed by atoms with van der Waals surface area (Å²) < 4.78 is 0. The van der Waals surface area contributed by atoms with Gasteiger partial charge in [0.2, 0.25) is 0 Å². The Hall–Kier alpha value is -0.820. The molecule has 2 N–H and O–H groups in total. The summed E-state index contributed by atoms with van der Waals surface area (Å²) in [7, 11) is 0. The molecule has 0 aromatic heterocycles. The standard InChI is InChI=1S/C15H25N/c1-12(2)10-14-4-6-15(7-5-14)11-13(3)8-9-16/h4-7,12-13H,8-11,16H2,1-3H3. The highest BCUT2D eigenvalue weighted by Gasteiger charge is 2.03. The van der Waals surface area contributed by atoms with E-state index in [4.69, 9.17) is 5.73 Å². The van der Waals surface area contributed by atoms with Gasteiger partial charge >= 0.3 is 0 Å². The van der Waals surface area contributed by atoms with Gasteiger partial charge in [-0.05, 0) is 48.8 Å². The van der Waals surface area contributed by atoms with Crippen LogP contribution in [0, 0.1) is 11.8 Å². The predicted molar refractivity (Wildman–Crippen MR) is 71.5 cm³/mol. The largest absolute Gasteiger partial charge is 0.330 e. The summed E-state index contributed by atoms with van der Waals surface area (Å²) in [5.74, 6) is 1.43. The van der Waals surface area contributed by atoms with Crippen LogP contribution in [0.1, 0.15) is 38.3 Å². The maximum absolute atomic E-state index is 5.56. The third-order valence-electron chi connectivity index (χ3n) is 2.91. The fourth-order valence-corrected chi connectivity index (χ4v) is 2.07. The van der Waals surface area contributed by atoms with Crippen molar-refractivity contribution in [2.75, 3.05) is 6.54 Å². The van der Waals surface area contributed by atoms with Gasteiger partial charge in [-0.3, -0.25) is 0 Å². The first-order chi connectivity index (χ1) is 7.61. The van der Waals surface area contributed by atoms with Crippen molar-refractivity contribution < 1.29 is 0 Å². The molecule has 0 spiro atoms. The van der Waals surface area contributed by atoms with Gasteiger partial charge in [0.25, 0.3) is 0 Å². The maximum atomic E-state index is 5.56. The lowest BCUT2D eigenvalue weighted by molar-refractivity contribution is 0.538. The van der Waals surface area contributed by atoms with Crippen LogP contribution in [0.2, 0.25) is 0 Å². The van der Waals surface area contributed by atoms with Gasteiger partial charge in [0.15, 0.2) is 0 Å². The van der Waals surface area contributed by atoms with Crippen LogP contribution < -0.4 is 5.73 Å². The lowest BCUT2D eigenvalue weighted by atomic mass is 9.96. The lowest BCUT2D eigenvalue weighted by Crippen LogP contribution is -2.08. The van der Waals surface area contributed by atoms with Gasteiger partial charge in [0.05, 0.1) is 0 Å². The van der Waals surface area contributed by atoms with Crippen molar-refractivity contribution >= 4 is 0 Å². The third-order valence-corrected chi connectivity index (χ3v) is 2.91. The normalized spacial score (nSPS) is 13.1. The lowest BCUT2D eigenvalue weighted by Gasteiger charge is -2.11. The fourth-order valence-electron chi connectivity index (χ4n) is 2.07. The molecule has 1 atom stereocenters. The number of hydrogen-bond acceptors (Lipinski definition) is 1. The molecule has 0 amide bonds. The Labute approximate surface area is 100 Å². The summed E-state index contributed by atoms with van der Waals surface area (Å²) in [6, 6.07) is 9.07. The van der Waals surface area contributed by atoms with Crippen LogP contribution in [0.3, 0.4) is 0 Å². The second-order valence-electron chi connectivity index (χ2n) is 5.30. The molecule has 0 radical (unpaired) electrons. The van der Waals surface area contributed by atoms with Crippen molar-refractivity contribution in [2.24, 2.45) is 17.6 Å². The number of benzene rings is 1. The molecule has 0 aliphatic heterocycles. The Balaban J connectivity index is 2.50. The summed E-state index contributed by atoms with van der Waals surface area (Å²) in [4.78, 5) is 0. The van der Waals surface area contributed by atoms with Crippen molar-refractivity contribution in [1.29, 1.82) is 0 Å². The Bertz CT molecular complexity index is 287. The average molecular weight is 219 g/mol. The molecule has 0 fully saturated rings. The topological polar surface area (TPSA) is 26.0 Å². The molecule has 0 aliphatic carbocycles. The zero-order valence-electron chi connectivity index (χ0n) is 10.9. The van der Waals surface area contributed by atoms with Crippen LogP contribution in [0.4, 0.5) is 0 Å². The molecule has 1 nitrogen and oxygen atoms in total. The van der Waals surface area contributed by atoms with E-state index >= 15 is 0 Å². The molecule has 0 heterocycles. The quantitative estimate of drug-likeness (QED) is 0.779. The van der Waals surface area contributed by atoms with E-state index < -0.39 is 0 Å². The molecule has 0 aliphatic rings. The molecule has 16 heavy (non-hydrogen) atoms. The SMILES string of the molecule is CC(C)Cc1ccc(CC(C)CCN)cc1. The van der Waals surface area contributed by atoms with E-state index in [2.05, 4.69) is 45.0 Å². The molecule has 0 saturated heterocycles. The van der Waals surface area contributed by atoms with E-state index in [0.29, 0.717) is 5.92 Å². The second-order valence-corrected chi connectivity index (χ2v) is 5.30. The van der Waals surface area contributed by atoms with Crippen LogP contribution in [0.5, 0.6) is 0 Å². The van der Waals surface area contributed by atoms with Crippen LogP contribution in [0.15, 0.2) is 24.3 Å². The van der Waals surface area contributed by atoms with E-state index in [9.17, 15) is 0 Å². The van der Waals surface area contributed by atoms with Crippen molar-refractivity contribution in [3.63, 3.8) is 0 Å². The highest BCUT2D eigenvalue weighted by molar-refractivity contribution is 5.23. The number of nitrogens with two attached hydrogens (primary N) is 1. The van der Waals surface area contributed by atoms with Crippen LogP contribution in [-0.2, 0) is 12.8 Å². The van der Waals surface area contributed by atoms with Gasteiger partial charge in [-0.2, -0.15) is 0 Å². The molecule has 1 aromatic rings. The zero-order valence-corrected chi connectivity index (χ0v) is 10.9. The molecule has 1 aromatic carbocycles. The average Bonchev–Trinajstić information content (AvgIpc) is 2.20. The number of rotatable bonds is 6. The van der Waals surface area contributed by atoms with Gasteiger partial charge in [0, 0.05) is 0 Å². The van der Waals surface area contributed by atoms with E-state index in [0.717, 1.165) is 25.3 Å². The highest BCUT2D eigenvalue weighted by atomic mass is 14.5. The molecular weight excluding hydrogens is 194 g/mol. The Morgan fingerprint density at radius 2 is 1.44 bits per heavy atom. The molecule has 90 valence electrons. The number of hydrogen-bond donors (Lipinski definition) is 1. The molecule has 1 heteroatoms.